The van der Waals surface area contributed by atoms with Gasteiger partial charge in [0.05, 0.1) is 23.5 Å². The lowest BCUT2D eigenvalue weighted by Gasteiger charge is -2.40. The van der Waals surface area contributed by atoms with E-state index in [0.717, 1.165) is 24.5 Å². The number of benzene rings is 2. The second kappa shape index (κ2) is 10.9. The molecule has 1 saturated heterocycles. The highest BCUT2D eigenvalue weighted by molar-refractivity contribution is 7.88. The van der Waals surface area contributed by atoms with Crippen molar-refractivity contribution in [3.05, 3.63) is 65.0 Å². The average molecular weight is 593 g/mol. The lowest BCUT2D eigenvalue weighted by atomic mass is 9.79. The van der Waals surface area contributed by atoms with E-state index in [9.17, 15) is 36.0 Å². The van der Waals surface area contributed by atoms with E-state index in [2.05, 4.69) is 11.4 Å². The van der Waals surface area contributed by atoms with Gasteiger partial charge in [-0.2, -0.15) is 18.4 Å². The number of halogens is 4. The topological polar surface area (TPSA) is 93.5 Å². The SMILES string of the molecule is CS(=O)(=O)N1CCC(CN(C(=O)Nc2ccc(F)c(C(F)(F)F)c2)[C@@H]2CC[C@@]3(c4cccc(C#N)c4)CC3C2)CC1. The molecule has 0 radical (unpaired) electrons. The Kier molecular flexibility index (Phi) is 7.80. The van der Waals surface area contributed by atoms with Crippen molar-refractivity contribution in [1.29, 1.82) is 5.26 Å². The van der Waals surface area contributed by atoms with Gasteiger partial charge in [-0.1, -0.05) is 12.1 Å². The summed E-state index contributed by atoms with van der Waals surface area (Å²) in [7, 11) is -3.32. The zero-order valence-electron chi connectivity index (χ0n) is 22.6. The molecule has 0 spiro atoms. The number of hydrogen-bond acceptors (Lipinski definition) is 4. The Hall–Kier alpha value is -3.17. The number of alkyl halides is 3. The Morgan fingerprint density at radius 3 is 2.54 bits per heavy atom. The van der Waals surface area contributed by atoms with E-state index in [1.807, 2.05) is 18.2 Å². The zero-order valence-corrected chi connectivity index (χ0v) is 23.4. The molecule has 12 heteroatoms. The van der Waals surface area contributed by atoms with Crippen LogP contribution in [0, 0.1) is 29.0 Å². The summed E-state index contributed by atoms with van der Waals surface area (Å²) >= 11 is 0. The number of urea groups is 1. The van der Waals surface area contributed by atoms with Crippen molar-refractivity contribution in [2.24, 2.45) is 11.8 Å². The van der Waals surface area contributed by atoms with Crippen LogP contribution in [0.4, 0.5) is 28.0 Å². The van der Waals surface area contributed by atoms with Crippen molar-refractivity contribution in [3.8, 4) is 6.07 Å². The van der Waals surface area contributed by atoms with Crippen LogP contribution in [0.2, 0.25) is 0 Å². The highest BCUT2D eigenvalue weighted by atomic mass is 32.2. The molecule has 2 aromatic carbocycles. The summed E-state index contributed by atoms with van der Waals surface area (Å²) < 4.78 is 79.0. The average Bonchev–Trinajstić information content (AvgIpc) is 3.67. The molecule has 41 heavy (non-hydrogen) atoms. The Labute approximate surface area is 237 Å². The predicted octanol–water partition coefficient (Wildman–Crippen LogP) is 5.73. The van der Waals surface area contributed by atoms with Crippen LogP contribution in [-0.2, 0) is 21.6 Å². The number of nitriles is 1. The highest BCUT2D eigenvalue weighted by Gasteiger charge is 2.58. The van der Waals surface area contributed by atoms with Crippen LogP contribution in [0.15, 0.2) is 42.5 Å². The first-order valence-electron chi connectivity index (χ1n) is 13.7. The summed E-state index contributed by atoms with van der Waals surface area (Å²) in [6.45, 7) is 1.03. The van der Waals surface area contributed by atoms with Gasteiger partial charge < -0.3 is 10.2 Å². The minimum Gasteiger partial charge on any atom is -0.321 e. The number of fused-ring (bicyclic) bond motifs is 1. The van der Waals surface area contributed by atoms with Gasteiger partial charge in [-0.3, -0.25) is 0 Å². The van der Waals surface area contributed by atoms with Crippen molar-refractivity contribution >= 4 is 21.7 Å². The number of carbonyl (C=O) groups excluding carboxylic acids is 1. The predicted molar refractivity (Wildman–Crippen MR) is 145 cm³/mol. The lowest BCUT2D eigenvalue weighted by molar-refractivity contribution is -0.139. The molecule has 7 nitrogen and oxygen atoms in total. The van der Waals surface area contributed by atoms with Crippen LogP contribution in [0.25, 0.3) is 0 Å². The molecule has 3 atom stereocenters. The quantitative estimate of drug-likeness (QED) is 0.434. The summed E-state index contributed by atoms with van der Waals surface area (Å²) in [6.07, 6.45) is 0.527. The van der Waals surface area contributed by atoms with Crippen molar-refractivity contribution in [3.63, 3.8) is 0 Å². The first-order chi connectivity index (χ1) is 19.3. The molecule has 2 aromatic rings. The summed E-state index contributed by atoms with van der Waals surface area (Å²) in [5.41, 5.74) is 0.0875. The molecule has 0 bridgehead atoms. The number of sulfonamides is 1. The van der Waals surface area contributed by atoms with Gasteiger partial charge in [0.1, 0.15) is 5.82 Å². The molecule has 1 aliphatic heterocycles. The van der Waals surface area contributed by atoms with Gasteiger partial charge in [0.25, 0.3) is 0 Å². The highest BCUT2D eigenvalue weighted by Crippen LogP contribution is 2.63. The largest absolute Gasteiger partial charge is 0.419 e. The maximum Gasteiger partial charge on any atom is 0.419 e. The van der Waals surface area contributed by atoms with Crippen LogP contribution < -0.4 is 5.32 Å². The standard InChI is InChI=1S/C29H32F4N4O3S/c1-41(39,40)36-11-8-19(9-12-36)18-37(27(38)35-23-5-6-26(30)25(15-23)29(31,32)33)24-7-10-28(16-22(28)14-24)21-4-2-3-20(13-21)17-34/h2-6,13,15,19,22,24H,7-12,14,16,18H2,1H3,(H,35,38)/t22?,24-,28+/m1/s1. The van der Waals surface area contributed by atoms with Gasteiger partial charge >= 0.3 is 12.2 Å². The number of nitrogens with one attached hydrogen (secondary N) is 1. The second-order valence-electron chi connectivity index (χ2n) is 11.6. The van der Waals surface area contributed by atoms with Crippen LogP contribution in [0.1, 0.15) is 55.2 Å². The molecular formula is C29H32F4N4O3S. The van der Waals surface area contributed by atoms with Gasteiger partial charge in [0.2, 0.25) is 10.0 Å². The molecule has 0 aromatic heterocycles. The first-order valence-corrected chi connectivity index (χ1v) is 15.5. The molecule has 1 heterocycles. The van der Waals surface area contributed by atoms with E-state index in [1.54, 1.807) is 11.0 Å². The van der Waals surface area contributed by atoms with Gasteiger partial charge in [0, 0.05) is 31.4 Å². The van der Waals surface area contributed by atoms with Gasteiger partial charge in [0.15, 0.2) is 0 Å². The Balaban J connectivity index is 1.34. The third-order valence-corrected chi connectivity index (χ3v) is 10.3. The maximum absolute atomic E-state index is 13.8. The minimum absolute atomic E-state index is 0.0240. The minimum atomic E-state index is -4.90. The fourth-order valence-electron chi connectivity index (χ4n) is 6.66. The van der Waals surface area contributed by atoms with E-state index in [1.165, 1.54) is 10.6 Å². The number of amides is 2. The molecule has 1 unspecified atom stereocenters. The number of carbonyl (C=O) groups is 1. The third-order valence-electron chi connectivity index (χ3n) is 9.00. The molecular weight excluding hydrogens is 560 g/mol. The fourth-order valence-corrected chi connectivity index (χ4v) is 7.53. The molecule has 3 fully saturated rings. The van der Waals surface area contributed by atoms with Crippen LogP contribution in [0.5, 0.6) is 0 Å². The van der Waals surface area contributed by atoms with E-state index < -0.39 is 33.6 Å². The summed E-state index contributed by atoms with van der Waals surface area (Å²) in [5, 5.41) is 11.9. The number of anilines is 1. The molecule has 2 saturated carbocycles. The monoisotopic (exact) mass is 592 g/mol. The van der Waals surface area contributed by atoms with Crippen molar-refractivity contribution in [2.75, 3.05) is 31.2 Å². The molecule has 2 aliphatic carbocycles. The van der Waals surface area contributed by atoms with E-state index in [-0.39, 0.29) is 23.1 Å². The van der Waals surface area contributed by atoms with Crippen LogP contribution in [0.3, 0.4) is 0 Å². The maximum atomic E-state index is 13.8. The third kappa shape index (κ3) is 6.21. The van der Waals surface area contributed by atoms with E-state index in [0.29, 0.717) is 68.9 Å². The van der Waals surface area contributed by atoms with Crippen molar-refractivity contribution in [1.82, 2.24) is 9.21 Å². The number of hydrogen-bond donors (Lipinski definition) is 1. The lowest BCUT2D eigenvalue weighted by Crippen LogP contribution is -2.49. The summed E-state index contributed by atoms with van der Waals surface area (Å²) in [4.78, 5) is 15.3. The molecule has 1 N–H and O–H groups in total. The van der Waals surface area contributed by atoms with E-state index in [4.69, 9.17) is 0 Å². The molecule has 5 rings (SSSR count). The normalized spacial score (nSPS) is 25.2. The van der Waals surface area contributed by atoms with Crippen LogP contribution >= 0.6 is 0 Å². The van der Waals surface area contributed by atoms with Gasteiger partial charge in [-0.05, 0) is 91.7 Å². The van der Waals surface area contributed by atoms with Gasteiger partial charge in [-0.15, -0.1) is 0 Å². The summed E-state index contributed by atoms with van der Waals surface area (Å²) in [6, 6.07) is 11.5. The molecule has 3 aliphatic rings. The number of rotatable bonds is 6. The van der Waals surface area contributed by atoms with E-state index >= 15 is 0 Å². The van der Waals surface area contributed by atoms with Crippen molar-refractivity contribution < 1.29 is 30.8 Å². The van der Waals surface area contributed by atoms with Gasteiger partial charge in [-0.25, -0.2) is 21.9 Å². The Bertz CT molecular complexity index is 1470. The number of nitrogens with zero attached hydrogens (tertiary/aromatic N) is 3. The fraction of sp³-hybridized carbons (Fsp3) is 0.517. The first kappa shape index (κ1) is 29.3. The van der Waals surface area contributed by atoms with Crippen LogP contribution in [-0.4, -0.2) is 55.6 Å². The second-order valence-corrected chi connectivity index (χ2v) is 13.5. The summed E-state index contributed by atoms with van der Waals surface area (Å²) in [5.74, 6) is -1.08. The Morgan fingerprint density at radius 1 is 1.17 bits per heavy atom. The van der Waals surface area contributed by atoms with Crippen molar-refractivity contribution in [2.45, 2.75) is 56.2 Å². The number of piperidine rings is 1. The Morgan fingerprint density at radius 2 is 1.90 bits per heavy atom. The molecule has 220 valence electrons. The molecule has 2 amide bonds. The zero-order chi connectivity index (χ0) is 29.6. The smallest absolute Gasteiger partial charge is 0.321 e.